The molecule has 3 aliphatic heterocycles. The van der Waals surface area contributed by atoms with Gasteiger partial charge in [-0.05, 0) is 83.5 Å². The van der Waals surface area contributed by atoms with Crippen molar-refractivity contribution in [2.45, 2.75) is 91.8 Å². The lowest BCUT2D eigenvalue weighted by atomic mass is 9.74. The molecule has 0 radical (unpaired) electrons. The molecule has 3 aliphatic rings. The van der Waals surface area contributed by atoms with Gasteiger partial charge in [0.15, 0.2) is 5.84 Å². The summed E-state index contributed by atoms with van der Waals surface area (Å²) in [6.07, 6.45) is 1.43. The Morgan fingerprint density at radius 2 is 1.49 bits per heavy atom. The van der Waals surface area contributed by atoms with Gasteiger partial charge in [-0.15, -0.1) is 0 Å². The largest absolute Gasteiger partial charge is 0.301 e. The zero-order valence-corrected chi connectivity index (χ0v) is 23.7. The highest BCUT2D eigenvalue weighted by atomic mass is 15.6. The van der Waals surface area contributed by atoms with Crippen LogP contribution in [0.15, 0.2) is 59.7 Å². The highest BCUT2D eigenvalue weighted by molar-refractivity contribution is 6.21. The molecule has 0 amide bonds. The third-order valence-corrected chi connectivity index (χ3v) is 9.01. The van der Waals surface area contributed by atoms with E-state index in [9.17, 15) is 0 Å². The molecule has 3 aromatic carbocycles. The first kappa shape index (κ1) is 24.3. The van der Waals surface area contributed by atoms with Gasteiger partial charge in [0.25, 0.3) is 0 Å². The molecule has 37 heavy (non-hydrogen) atoms. The van der Waals surface area contributed by atoms with Crippen LogP contribution in [0, 0.1) is 5.92 Å². The molecule has 3 heterocycles. The Bertz CT molecular complexity index is 1370. The summed E-state index contributed by atoms with van der Waals surface area (Å²) >= 11 is 0. The molecule has 3 aromatic rings. The second-order valence-electron chi connectivity index (χ2n) is 12.2. The van der Waals surface area contributed by atoms with E-state index in [1.807, 2.05) is 0 Å². The molecule has 0 fully saturated rings. The van der Waals surface area contributed by atoms with Gasteiger partial charge in [0, 0.05) is 23.1 Å². The predicted octanol–water partition coefficient (Wildman–Crippen LogP) is 8.94. The fraction of sp³-hybridized carbons (Fsp3) is 0.441. The standard InChI is InChI=1S/C34H41N3/c1-9-24-22(8)27-14-11-15-28-30-18-23(31-25(19(2)3)12-10-13-26(31)20(4)5)16-17-29(30)33-35-37(21(6)7)34(24)36(33)32(27)28/h10-22,24,34H,9H2,1-8H3. The summed E-state index contributed by atoms with van der Waals surface area (Å²) in [4.78, 5) is 2.59. The van der Waals surface area contributed by atoms with Crippen molar-refractivity contribution in [3.8, 4) is 22.3 Å². The summed E-state index contributed by atoms with van der Waals surface area (Å²) in [6, 6.07) is 21.3. The average molecular weight is 492 g/mol. The first-order chi connectivity index (χ1) is 17.7. The molecule has 0 spiro atoms. The normalized spacial score (nSPS) is 21.6. The number of nitrogens with zero attached hydrogens (tertiary/aromatic N) is 3. The average Bonchev–Trinajstić information content (AvgIpc) is 3.29. The van der Waals surface area contributed by atoms with Crippen LogP contribution in [0.2, 0.25) is 0 Å². The van der Waals surface area contributed by atoms with E-state index in [1.165, 1.54) is 50.2 Å². The van der Waals surface area contributed by atoms with Crippen molar-refractivity contribution in [3.05, 3.63) is 76.9 Å². The molecular weight excluding hydrogens is 450 g/mol. The van der Waals surface area contributed by atoms with Gasteiger partial charge < -0.3 is 4.90 Å². The Morgan fingerprint density at radius 1 is 0.811 bits per heavy atom. The van der Waals surface area contributed by atoms with E-state index < -0.39 is 0 Å². The Balaban J connectivity index is 1.63. The van der Waals surface area contributed by atoms with Crippen LogP contribution in [0.25, 0.3) is 22.3 Å². The van der Waals surface area contributed by atoms with Crippen molar-refractivity contribution in [1.29, 1.82) is 0 Å². The fourth-order valence-corrected chi connectivity index (χ4v) is 7.16. The number of fused-ring (bicyclic) bond motifs is 3. The third kappa shape index (κ3) is 3.42. The van der Waals surface area contributed by atoms with Crippen LogP contribution in [-0.2, 0) is 0 Å². The van der Waals surface area contributed by atoms with Crippen molar-refractivity contribution >= 4 is 11.5 Å². The van der Waals surface area contributed by atoms with E-state index in [4.69, 9.17) is 5.10 Å². The maximum atomic E-state index is 5.34. The molecule has 0 aliphatic carbocycles. The summed E-state index contributed by atoms with van der Waals surface area (Å²) in [5.74, 6) is 3.11. The molecule has 3 atom stereocenters. The molecule has 192 valence electrons. The van der Waals surface area contributed by atoms with E-state index in [0.29, 0.717) is 29.7 Å². The van der Waals surface area contributed by atoms with Crippen LogP contribution in [0.3, 0.4) is 0 Å². The molecule has 0 N–H and O–H groups in total. The summed E-state index contributed by atoms with van der Waals surface area (Å²) in [7, 11) is 0. The Morgan fingerprint density at radius 3 is 2.11 bits per heavy atom. The second-order valence-corrected chi connectivity index (χ2v) is 12.2. The predicted molar refractivity (Wildman–Crippen MR) is 157 cm³/mol. The minimum absolute atomic E-state index is 0.283. The first-order valence-corrected chi connectivity index (χ1v) is 14.3. The highest BCUT2D eigenvalue weighted by Gasteiger charge is 2.50. The Kier molecular flexibility index (Phi) is 5.74. The van der Waals surface area contributed by atoms with Crippen LogP contribution < -0.4 is 4.90 Å². The minimum Gasteiger partial charge on any atom is -0.301 e. The van der Waals surface area contributed by atoms with E-state index in [-0.39, 0.29) is 6.17 Å². The zero-order chi connectivity index (χ0) is 26.2. The maximum Gasteiger partial charge on any atom is 0.162 e. The molecule has 0 saturated carbocycles. The highest BCUT2D eigenvalue weighted by Crippen LogP contribution is 2.54. The van der Waals surface area contributed by atoms with Crippen LogP contribution in [0.1, 0.15) is 102 Å². The SMILES string of the molecule is CCC1C(C)c2cccc3c2N2C(=NN(C(C)C)C12)c1ccc(-c2c(C(C)C)cccc2C(C)C)cc1-3. The van der Waals surface area contributed by atoms with Crippen molar-refractivity contribution in [1.82, 2.24) is 5.01 Å². The number of hydrazone groups is 1. The number of amidine groups is 1. The zero-order valence-electron chi connectivity index (χ0n) is 23.7. The molecule has 0 bridgehead atoms. The fourth-order valence-electron chi connectivity index (χ4n) is 7.16. The topological polar surface area (TPSA) is 18.8 Å². The van der Waals surface area contributed by atoms with Gasteiger partial charge in [-0.3, -0.25) is 5.01 Å². The lowest BCUT2D eigenvalue weighted by Gasteiger charge is -2.48. The molecular formula is C34H41N3. The Labute approximate surface area is 223 Å². The number of hydrogen-bond acceptors (Lipinski definition) is 3. The molecule has 3 nitrogen and oxygen atoms in total. The molecule has 6 rings (SSSR count). The minimum atomic E-state index is 0.283. The van der Waals surface area contributed by atoms with Gasteiger partial charge in [-0.25, -0.2) is 0 Å². The monoisotopic (exact) mass is 491 g/mol. The van der Waals surface area contributed by atoms with Crippen LogP contribution in [0.4, 0.5) is 5.69 Å². The summed E-state index contributed by atoms with van der Waals surface area (Å²) in [5.41, 5.74) is 12.4. The lowest BCUT2D eigenvalue weighted by Crippen LogP contribution is -2.54. The molecule has 0 aromatic heterocycles. The van der Waals surface area contributed by atoms with Gasteiger partial charge >= 0.3 is 0 Å². The maximum absolute atomic E-state index is 5.34. The van der Waals surface area contributed by atoms with Gasteiger partial charge in [-0.1, -0.05) is 84.0 Å². The van der Waals surface area contributed by atoms with Gasteiger partial charge in [0.1, 0.15) is 6.17 Å². The van der Waals surface area contributed by atoms with Gasteiger partial charge in [-0.2, -0.15) is 5.10 Å². The van der Waals surface area contributed by atoms with Crippen molar-refractivity contribution in [2.75, 3.05) is 4.90 Å². The number of hydrogen-bond donors (Lipinski definition) is 0. The number of anilines is 1. The first-order valence-electron chi connectivity index (χ1n) is 14.3. The van der Waals surface area contributed by atoms with Crippen molar-refractivity contribution < 1.29 is 0 Å². The summed E-state index contributed by atoms with van der Waals surface area (Å²) < 4.78 is 0. The summed E-state index contributed by atoms with van der Waals surface area (Å²) in [6.45, 7) is 18.6. The molecule has 3 heteroatoms. The molecule has 0 saturated heterocycles. The van der Waals surface area contributed by atoms with Gasteiger partial charge in [0.2, 0.25) is 0 Å². The number of rotatable bonds is 5. The lowest BCUT2D eigenvalue weighted by molar-refractivity contribution is 0.114. The quantitative estimate of drug-likeness (QED) is 0.355. The van der Waals surface area contributed by atoms with E-state index in [2.05, 4.69) is 120 Å². The van der Waals surface area contributed by atoms with Crippen molar-refractivity contribution in [2.24, 2.45) is 11.0 Å². The number of benzene rings is 3. The Hall–Kier alpha value is -3.07. The second kappa shape index (κ2) is 8.75. The van der Waals surface area contributed by atoms with E-state index in [1.54, 1.807) is 0 Å². The summed E-state index contributed by atoms with van der Waals surface area (Å²) in [5, 5.41) is 7.72. The van der Waals surface area contributed by atoms with E-state index in [0.717, 1.165) is 12.3 Å². The van der Waals surface area contributed by atoms with Crippen molar-refractivity contribution in [3.63, 3.8) is 0 Å². The molecule has 3 unspecified atom stereocenters. The van der Waals surface area contributed by atoms with Crippen LogP contribution in [0.5, 0.6) is 0 Å². The smallest absolute Gasteiger partial charge is 0.162 e. The third-order valence-electron chi connectivity index (χ3n) is 9.01. The van der Waals surface area contributed by atoms with Crippen LogP contribution in [-0.4, -0.2) is 23.1 Å². The number of para-hydroxylation sites is 1. The van der Waals surface area contributed by atoms with Crippen LogP contribution >= 0.6 is 0 Å². The van der Waals surface area contributed by atoms with E-state index >= 15 is 0 Å². The van der Waals surface area contributed by atoms with Gasteiger partial charge in [0.05, 0.1) is 5.69 Å².